The van der Waals surface area contributed by atoms with Gasteiger partial charge in [-0.1, -0.05) is 0 Å². The first-order valence-electron chi connectivity index (χ1n) is 10.6. The van der Waals surface area contributed by atoms with Gasteiger partial charge in [-0.25, -0.2) is 4.98 Å². The van der Waals surface area contributed by atoms with Crippen LogP contribution in [0, 0.1) is 6.92 Å². The van der Waals surface area contributed by atoms with Crippen LogP contribution < -0.4 is 15.5 Å². The van der Waals surface area contributed by atoms with E-state index in [9.17, 15) is 31.1 Å². The number of aryl methyl sites for hydroxylation is 1. The maximum Gasteiger partial charge on any atom is 0.416 e. The van der Waals surface area contributed by atoms with Crippen LogP contribution in [-0.2, 0) is 12.4 Å². The molecule has 3 rings (SSSR count). The minimum Gasteiger partial charge on any atom is -0.367 e. The van der Waals surface area contributed by atoms with Crippen molar-refractivity contribution in [2.45, 2.75) is 57.0 Å². The predicted molar refractivity (Wildman–Crippen MR) is 115 cm³/mol. The summed E-state index contributed by atoms with van der Waals surface area (Å²) >= 11 is 0. The summed E-state index contributed by atoms with van der Waals surface area (Å²) in [4.78, 5) is 23.0. The van der Waals surface area contributed by atoms with Crippen molar-refractivity contribution in [3.8, 4) is 0 Å². The minimum absolute atomic E-state index is 0.00419. The van der Waals surface area contributed by atoms with Crippen LogP contribution in [0.4, 0.5) is 38.1 Å². The quantitative estimate of drug-likeness (QED) is 0.576. The molecular formula is C22H25F6N5O. The fraction of sp³-hybridized carbons (Fsp3) is 0.500. The highest BCUT2D eigenvalue weighted by Crippen LogP contribution is 2.36. The van der Waals surface area contributed by atoms with E-state index in [4.69, 9.17) is 0 Å². The van der Waals surface area contributed by atoms with Crippen LogP contribution in [0.25, 0.3) is 0 Å². The average Bonchev–Trinajstić information content (AvgIpc) is 2.73. The number of aromatic nitrogens is 2. The monoisotopic (exact) mass is 489 g/mol. The van der Waals surface area contributed by atoms with Gasteiger partial charge in [-0.2, -0.15) is 31.3 Å². The molecule has 1 fully saturated rings. The SMILES string of the molecule is Cc1cc(N[C@H]2CC[C@@H](NC(=O)c3cc(C(F)(F)F)cc(C(F)(F)F)c3)CC2)nc(N(C)C)n1. The Morgan fingerprint density at radius 3 is 1.91 bits per heavy atom. The number of alkyl halides is 6. The highest BCUT2D eigenvalue weighted by Gasteiger charge is 2.37. The number of rotatable bonds is 5. The van der Waals surface area contributed by atoms with Crippen molar-refractivity contribution >= 4 is 17.7 Å². The molecule has 0 unspecified atom stereocenters. The molecule has 186 valence electrons. The molecule has 34 heavy (non-hydrogen) atoms. The lowest BCUT2D eigenvalue weighted by Crippen LogP contribution is -2.40. The lowest BCUT2D eigenvalue weighted by atomic mass is 9.91. The molecule has 1 heterocycles. The summed E-state index contributed by atoms with van der Waals surface area (Å²) < 4.78 is 78.3. The van der Waals surface area contributed by atoms with E-state index in [0.29, 0.717) is 49.6 Å². The fourth-order valence-corrected chi connectivity index (χ4v) is 3.77. The number of nitrogens with zero attached hydrogens (tertiary/aromatic N) is 3. The van der Waals surface area contributed by atoms with Gasteiger partial charge in [0.1, 0.15) is 5.82 Å². The molecule has 0 saturated heterocycles. The summed E-state index contributed by atoms with van der Waals surface area (Å²) in [6.45, 7) is 1.85. The smallest absolute Gasteiger partial charge is 0.367 e. The van der Waals surface area contributed by atoms with E-state index in [1.54, 1.807) is 4.90 Å². The Morgan fingerprint density at radius 2 is 1.41 bits per heavy atom. The number of amides is 1. The van der Waals surface area contributed by atoms with Crippen molar-refractivity contribution in [3.05, 3.63) is 46.6 Å². The number of hydrogen-bond acceptors (Lipinski definition) is 5. The van der Waals surface area contributed by atoms with E-state index in [1.165, 1.54) is 0 Å². The van der Waals surface area contributed by atoms with Crippen LogP contribution in [0.1, 0.15) is 52.9 Å². The second-order valence-electron chi connectivity index (χ2n) is 8.55. The number of carbonyl (C=O) groups excluding carboxylic acids is 1. The van der Waals surface area contributed by atoms with Gasteiger partial charge in [0.15, 0.2) is 0 Å². The van der Waals surface area contributed by atoms with Crippen molar-refractivity contribution < 1.29 is 31.1 Å². The van der Waals surface area contributed by atoms with Gasteiger partial charge in [0, 0.05) is 43.5 Å². The number of benzene rings is 1. The van der Waals surface area contributed by atoms with Crippen molar-refractivity contribution in [3.63, 3.8) is 0 Å². The van der Waals surface area contributed by atoms with Crippen LogP contribution >= 0.6 is 0 Å². The molecule has 6 nitrogen and oxygen atoms in total. The number of hydrogen-bond donors (Lipinski definition) is 2. The third-order valence-corrected chi connectivity index (χ3v) is 5.51. The lowest BCUT2D eigenvalue weighted by Gasteiger charge is -2.30. The third kappa shape index (κ3) is 6.51. The van der Waals surface area contributed by atoms with E-state index < -0.39 is 35.0 Å². The first-order valence-corrected chi connectivity index (χ1v) is 10.6. The van der Waals surface area contributed by atoms with E-state index in [0.717, 1.165) is 5.69 Å². The Bertz CT molecular complexity index is 997. The molecule has 0 radical (unpaired) electrons. The van der Waals surface area contributed by atoms with Crippen molar-refractivity contribution in [1.29, 1.82) is 0 Å². The maximum absolute atomic E-state index is 13.1. The third-order valence-electron chi connectivity index (χ3n) is 5.51. The zero-order valence-corrected chi connectivity index (χ0v) is 18.8. The van der Waals surface area contributed by atoms with Crippen LogP contribution in [0.2, 0.25) is 0 Å². The second kappa shape index (κ2) is 9.67. The van der Waals surface area contributed by atoms with Gasteiger partial charge >= 0.3 is 12.4 Å². The first-order chi connectivity index (χ1) is 15.7. The van der Waals surface area contributed by atoms with E-state index in [-0.39, 0.29) is 18.2 Å². The zero-order chi connectivity index (χ0) is 25.3. The molecule has 0 atom stereocenters. The second-order valence-corrected chi connectivity index (χ2v) is 8.55. The van der Waals surface area contributed by atoms with Crippen LogP contribution in [0.15, 0.2) is 24.3 Å². The summed E-state index contributed by atoms with van der Waals surface area (Å²) in [5.41, 5.74) is -2.91. The Balaban J connectivity index is 1.64. The molecule has 12 heteroatoms. The molecule has 1 aliphatic carbocycles. The van der Waals surface area contributed by atoms with Crippen molar-refractivity contribution in [2.75, 3.05) is 24.3 Å². The van der Waals surface area contributed by atoms with Crippen LogP contribution in [-0.4, -0.2) is 42.1 Å². The topological polar surface area (TPSA) is 70.2 Å². The minimum atomic E-state index is -5.01. The van der Waals surface area contributed by atoms with Gasteiger partial charge in [-0.05, 0) is 50.8 Å². The standard InChI is InChI=1S/C22H25F6N5O/c1-12-8-18(32-20(29-12)33(2)3)30-16-4-6-17(7-5-16)31-19(34)13-9-14(21(23,24)25)11-15(10-13)22(26,27)28/h8-11,16-17H,4-7H2,1-3H3,(H,31,34)(H,29,30,32)/t16-,17+. The van der Waals surface area contributed by atoms with Gasteiger partial charge in [-0.3, -0.25) is 4.79 Å². The average molecular weight is 489 g/mol. The predicted octanol–water partition coefficient (Wildman–Crippen LogP) is 5.04. The van der Waals surface area contributed by atoms with E-state index >= 15 is 0 Å². The molecule has 1 aromatic heterocycles. The molecule has 1 aliphatic rings. The van der Waals surface area contributed by atoms with Crippen LogP contribution in [0.5, 0.6) is 0 Å². The van der Waals surface area contributed by atoms with Crippen molar-refractivity contribution in [1.82, 2.24) is 15.3 Å². The molecule has 2 aromatic rings. The Labute approximate surface area is 192 Å². The molecule has 0 bridgehead atoms. The summed E-state index contributed by atoms with van der Waals surface area (Å²) in [6, 6.07) is 2.40. The van der Waals surface area contributed by atoms with E-state index in [2.05, 4.69) is 20.6 Å². The Morgan fingerprint density at radius 1 is 0.882 bits per heavy atom. The number of anilines is 2. The van der Waals surface area contributed by atoms with Gasteiger partial charge in [0.25, 0.3) is 5.91 Å². The summed E-state index contributed by atoms with van der Waals surface area (Å²) in [5.74, 6) is 0.255. The summed E-state index contributed by atoms with van der Waals surface area (Å²) in [5, 5.41) is 5.91. The molecule has 1 saturated carbocycles. The molecular weight excluding hydrogens is 464 g/mol. The van der Waals surface area contributed by atoms with Crippen molar-refractivity contribution in [2.24, 2.45) is 0 Å². The highest BCUT2D eigenvalue weighted by molar-refractivity contribution is 5.94. The molecule has 0 spiro atoms. The first kappa shape index (κ1) is 25.6. The van der Waals surface area contributed by atoms with Gasteiger partial charge < -0.3 is 15.5 Å². The summed E-state index contributed by atoms with van der Waals surface area (Å²) in [7, 11) is 3.66. The molecule has 1 amide bonds. The van der Waals surface area contributed by atoms with Gasteiger partial charge in [-0.15, -0.1) is 0 Å². The molecule has 2 N–H and O–H groups in total. The number of nitrogens with one attached hydrogen (secondary N) is 2. The normalized spacial score (nSPS) is 19.0. The summed E-state index contributed by atoms with van der Waals surface area (Å²) in [6.07, 6.45) is -7.71. The number of carbonyl (C=O) groups is 1. The van der Waals surface area contributed by atoms with Crippen LogP contribution in [0.3, 0.4) is 0 Å². The van der Waals surface area contributed by atoms with Gasteiger partial charge in [0.05, 0.1) is 11.1 Å². The Kier molecular flexibility index (Phi) is 7.27. The largest absolute Gasteiger partial charge is 0.416 e. The molecule has 0 aliphatic heterocycles. The Hall–Kier alpha value is -3.05. The lowest BCUT2D eigenvalue weighted by molar-refractivity contribution is -0.143. The maximum atomic E-state index is 13.1. The zero-order valence-electron chi connectivity index (χ0n) is 18.8. The highest BCUT2D eigenvalue weighted by atomic mass is 19.4. The fourth-order valence-electron chi connectivity index (χ4n) is 3.77. The number of halogens is 6. The van der Waals surface area contributed by atoms with E-state index in [1.807, 2.05) is 27.1 Å². The van der Waals surface area contributed by atoms with Gasteiger partial charge in [0.2, 0.25) is 5.95 Å². The molecule has 1 aromatic carbocycles.